The summed E-state index contributed by atoms with van der Waals surface area (Å²) in [6.45, 7) is 5.35. The van der Waals surface area contributed by atoms with Gasteiger partial charge in [0.25, 0.3) is 0 Å². The monoisotopic (exact) mass is 308 g/mol. The Morgan fingerprint density at radius 3 is 2.09 bits per heavy atom. The van der Waals surface area contributed by atoms with Gasteiger partial charge in [-0.05, 0) is 11.5 Å². The van der Waals surface area contributed by atoms with E-state index in [2.05, 4.69) is 67.7 Å². The van der Waals surface area contributed by atoms with Crippen LogP contribution < -0.4 is 5.32 Å². The van der Waals surface area contributed by atoms with Crippen LogP contribution in [0, 0.1) is 5.92 Å². The van der Waals surface area contributed by atoms with Crippen molar-refractivity contribution in [1.82, 2.24) is 4.98 Å². The largest absolute Gasteiger partial charge is 0.361 e. The van der Waals surface area contributed by atoms with E-state index in [1.54, 1.807) is 11.3 Å². The molecule has 0 unspecified atom stereocenters. The summed E-state index contributed by atoms with van der Waals surface area (Å²) in [7, 11) is 0. The number of thiazole rings is 1. The lowest BCUT2D eigenvalue weighted by molar-refractivity contribution is 0.688. The smallest absolute Gasteiger partial charge is 0.183 e. The van der Waals surface area contributed by atoms with E-state index in [1.165, 1.54) is 10.4 Å². The SMILES string of the molecule is CC(C)CNc1nc(-c2ccccc2)c(-c2ccccc2)s1. The van der Waals surface area contributed by atoms with Crippen LogP contribution in [0.2, 0.25) is 0 Å². The van der Waals surface area contributed by atoms with E-state index in [0.717, 1.165) is 22.9 Å². The van der Waals surface area contributed by atoms with Crippen LogP contribution in [-0.4, -0.2) is 11.5 Å². The molecule has 0 atom stereocenters. The number of hydrogen-bond donors (Lipinski definition) is 1. The lowest BCUT2D eigenvalue weighted by Gasteiger charge is -2.04. The van der Waals surface area contributed by atoms with Gasteiger partial charge in [0.2, 0.25) is 0 Å². The minimum Gasteiger partial charge on any atom is -0.361 e. The summed E-state index contributed by atoms with van der Waals surface area (Å²) in [5.41, 5.74) is 3.44. The molecule has 2 nitrogen and oxygen atoms in total. The Kier molecular flexibility index (Phi) is 4.54. The number of nitrogens with zero attached hydrogens (tertiary/aromatic N) is 1. The van der Waals surface area contributed by atoms with Gasteiger partial charge in [-0.2, -0.15) is 0 Å². The number of anilines is 1. The predicted molar refractivity (Wildman–Crippen MR) is 96.3 cm³/mol. The van der Waals surface area contributed by atoms with Crippen LogP contribution >= 0.6 is 11.3 Å². The Labute approximate surface area is 135 Å². The van der Waals surface area contributed by atoms with Crippen molar-refractivity contribution in [2.75, 3.05) is 11.9 Å². The molecule has 22 heavy (non-hydrogen) atoms. The first-order valence-corrected chi connectivity index (χ1v) is 8.41. The van der Waals surface area contributed by atoms with Crippen molar-refractivity contribution in [3.8, 4) is 21.7 Å². The maximum Gasteiger partial charge on any atom is 0.183 e. The Balaban J connectivity index is 2.03. The molecule has 0 amide bonds. The Morgan fingerprint density at radius 2 is 1.50 bits per heavy atom. The molecule has 3 heteroatoms. The second-order valence-electron chi connectivity index (χ2n) is 5.70. The summed E-state index contributed by atoms with van der Waals surface area (Å²) >= 11 is 1.73. The molecular weight excluding hydrogens is 288 g/mol. The van der Waals surface area contributed by atoms with E-state index in [0.29, 0.717) is 5.92 Å². The molecule has 3 rings (SSSR count). The van der Waals surface area contributed by atoms with Crippen LogP contribution in [0.1, 0.15) is 13.8 Å². The Bertz CT molecular complexity index is 661. The van der Waals surface area contributed by atoms with Crippen LogP contribution in [0.15, 0.2) is 60.7 Å². The molecule has 112 valence electrons. The highest BCUT2D eigenvalue weighted by Gasteiger charge is 2.14. The number of rotatable bonds is 5. The van der Waals surface area contributed by atoms with Crippen LogP contribution in [0.25, 0.3) is 21.7 Å². The molecule has 0 aliphatic carbocycles. The number of aromatic nitrogens is 1. The van der Waals surface area contributed by atoms with Gasteiger partial charge in [0, 0.05) is 12.1 Å². The normalized spacial score (nSPS) is 10.9. The lowest BCUT2D eigenvalue weighted by atomic mass is 10.1. The van der Waals surface area contributed by atoms with E-state index in [4.69, 9.17) is 4.98 Å². The lowest BCUT2D eigenvalue weighted by Crippen LogP contribution is -2.07. The summed E-state index contributed by atoms with van der Waals surface area (Å²) in [5.74, 6) is 0.601. The molecule has 0 saturated heterocycles. The van der Waals surface area contributed by atoms with Crippen LogP contribution in [0.3, 0.4) is 0 Å². The fourth-order valence-corrected chi connectivity index (χ4v) is 3.26. The van der Waals surface area contributed by atoms with Gasteiger partial charge in [-0.25, -0.2) is 4.98 Å². The van der Waals surface area contributed by atoms with E-state index in [-0.39, 0.29) is 0 Å². The number of hydrogen-bond acceptors (Lipinski definition) is 3. The molecular formula is C19H20N2S. The second-order valence-corrected chi connectivity index (χ2v) is 6.70. The fourth-order valence-electron chi connectivity index (χ4n) is 2.26. The summed E-state index contributed by atoms with van der Waals surface area (Å²) in [5, 5.41) is 4.44. The van der Waals surface area contributed by atoms with Crippen molar-refractivity contribution in [2.24, 2.45) is 5.92 Å². The quantitative estimate of drug-likeness (QED) is 0.669. The summed E-state index contributed by atoms with van der Waals surface area (Å²) in [4.78, 5) is 6.06. The third-order valence-electron chi connectivity index (χ3n) is 3.37. The molecule has 1 N–H and O–H groups in total. The summed E-state index contributed by atoms with van der Waals surface area (Å²) < 4.78 is 0. The molecule has 0 saturated carbocycles. The molecule has 0 spiro atoms. The molecule has 0 fully saturated rings. The van der Waals surface area contributed by atoms with Crippen molar-refractivity contribution >= 4 is 16.5 Å². The number of benzene rings is 2. The van der Waals surface area contributed by atoms with E-state index in [1.807, 2.05) is 12.1 Å². The zero-order chi connectivity index (χ0) is 15.4. The van der Waals surface area contributed by atoms with Gasteiger partial charge in [0.05, 0.1) is 10.6 Å². The highest BCUT2D eigenvalue weighted by Crippen LogP contribution is 2.38. The topological polar surface area (TPSA) is 24.9 Å². The van der Waals surface area contributed by atoms with Crippen LogP contribution in [0.5, 0.6) is 0 Å². The van der Waals surface area contributed by atoms with Crippen molar-refractivity contribution in [3.63, 3.8) is 0 Å². The fraction of sp³-hybridized carbons (Fsp3) is 0.211. The highest BCUT2D eigenvalue weighted by molar-refractivity contribution is 7.19. The standard InChI is InChI=1S/C19H20N2S/c1-14(2)13-20-19-21-17(15-9-5-3-6-10-15)18(22-19)16-11-7-4-8-12-16/h3-12,14H,13H2,1-2H3,(H,20,21). The van der Waals surface area contributed by atoms with Gasteiger partial charge < -0.3 is 5.32 Å². The summed E-state index contributed by atoms with van der Waals surface area (Å²) in [6, 6.07) is 20.9. The molecule has 0 radical (unpaired) electrons. The number of nitrogens with one attached hydrogen (secondary N) is 1. The maximum absolute atomic E-state index is 4.84. The van der Waals surface area contributed by atoms with Gasteiger partial charge in [0.15, 0.2) is 5.13 Å². The first-order valence-electron chi connectivity index (χ1n) is 7.59. The average molecular weight is 308 g/mol. The molecule has 1 aromatic heterocycles. The second kappa shape index (κ2) is 6.75. The minimum atomic E-state index is 0.601. The van der Waals surface area contributed by atoms with Gasteiger partial charge >= 0.3 is 0 Å². The van der Waals surface area contributed by atoms with Gasteiger partial charge in [-0.1, -0.05) is 85.8 Å². The van der Waals surface area contributed by atoms with E-state index >= 15 is 0 Å². The first kappa shape index (κ1) is 14.8. The van der Waals surface area contributed by atoms with Crippen LogP contribution in [0.4, 0.5) is 5.13 Å². The third kappa shape index (κ3) is 3.37. The molecule has 0 bridgehead atoms. The molecule has 0 aliphatic heterocycles. The zero-order valence-corrected chi connectivity index (χ0v) is 13.7. The van der Waals surface area contributed by atoms with Gasteiger partial charge in [-0.3, -0.25) is 0 Å². The van der Waals surface area contributed by atoms with Crippen molar-refractivity contribution < 1.29 is 0 Å². The highest BCUT2D eigenvalue weighted by atomic mass is 32.1. The molecule has 2 aromatic carbocycles. The van der Waals surface area contributed by atoms with Crippen molar-refractivity contribution in [2.45, 2.75) is 13.8 Å². The molecule has 0 aliphatic rings. The van der Waals surface area contributed by atoms with E-state index < -0.39 is 0 Å². The maximum atomic E-state index is 4.84. The Hall–Kier alpha value is -2.13. The van der Waals surface area contributed by atoms with Crippen molar-refractivity contribution in [1.29, 1.82) is 0 Å². The Morgan fingerprint density at radius 1 is 0.909 bits per heavy atom. The average Bonchev–Trinajstić information content (AvgIpc) is 2.99. The third-order valence-corrected chi connectivity index (χ3v) is 4.43. The molecule has 3 aromatic rings. The van der Waals surface area contributed by atoms with E-state index in [9.17, 15) is 0 Å². The van der Waals surface area contributed by atoms with Crippen molar-refractivity contribution in [3.05, 3.63) is 60.7 Å². The summed E-state index contributed by atoms with van der Waals surface area (Å²) in [6.07, 6.45) is 0. The minimum absolute atomic E-state index is 0.601. The van der Waals surface area contributed by atoms with Gasteiger partial charge in [-0.15, -0.1) is 0 Å². The predicted octanol–water partition coefficient (Wildman–Crippen LogP) is 5.55. The van der Waals surface area contributed by atoms with Crippen LogP contribution in [-0.2, 0) is 0 Å². The molecule has 1 heterocycles. The zero-order valence-electron chi connectivity index (χ0n) is 12.9. The van der Waals surface area contributed by atoms with Gasteiger partial charge in [0.1, 0.15) is 0 Å². The first-order chi connectivity index (χ1) is 10.7.